The zero-order valence-electron chi connectivity index (χ0n) is 14.9. The quantitative estimate of drug-likeness (QED) is 0.777. The fourth-order valence-corrected chi connectivity index (χ4v) is 4.53. The molecule has 8 nitrogen and oxygen atoms in total. The van der Waals surface area contributed by atoms with E-state index in [4.69, 9.17) is 4.98 Å². The molecule has 1 N–H and O–H groups in total. The Morgan fingerprint density at radius 3 is 3.00 bits per heavy atom. The second-order valence-electron chi connectivity index (χ2n) is 7.34. The van der Waals surface area contributed by atoms with Crippen molar-refractivity contribution in [1.82, 2.24) is 34.8 Å². The Morgan fingerprint density at radius 2 is 2.19 bits per heavy atom. The molecule has 8 heteroatoms. The minimum absolute atomic E-state index is 0.00870. The van der Waals surface area contributed by atoms with E-state index in [0.717, 1.165) is 54.0 Å². The molecule has 2 fully saturated rings. The highest BCUT2D eigenvalue weighted by Crippen LogP contribution is 2.47. The van der Waals surface area contributed by atoms with E-state index in [9.17, 15) is 4.79 Å². The standard InChI is InChI=1S/C18H21N7O/c1-3-25-9-11(6-20-25)15-16-13(22-23-15)7-19-17(21-16)14-10-4-5-12(14)18(26)24(2)8-10/h6-7,9-10,12,14H,3-5,8H2,1-2H3,(H,22,23). The van der Waals surface area contributed by atoms with Gasteiger partial charge in [0.15, 0.2) is 0 Å². The maximum absolute atomic E-state index is 12.5. The van der Waals surface area contributed by atoms with Crippen LogP contribution in [0.1, 0.15) is 31.5 Å². The van der Waals surface area contributed by atoms with Crippen LogP contribution in [-0.2, 0) is 11.3 Å². The number of H-pyrrole nitrogens is 1. The molecule has 1 aliphatic heterocycles. The third-order valence-electron chi connectivity index (χ3n) is 5.84. The Morgan fingerprint density at radius 1 is 1.31 bits per heavy atom. The second kappa shape index (κ2) is 5.62. The lowest BCUT2D eigenvalue weighted by atomic mass is 9.84. The number of rotatable bonds is 3. The van der Waals surface area contributed by atoms with Crippen LogP contribution < -0.4 is 0 Å². The number of carbonyl (C=O) groups excluding carboxylic acids is 1. The molecule has 0 radical (unpaired) electrons. The van der Waals surface area contributed by atoms with Crippen molar-refractivity contribution >= 4 is 16.9 Å². The van der Waals surface area contributed by atoms with Gasteiger partial charge in [-0.15, -0.1) is 0 Å². The number of nitrogens with one attached hydrogen (secondary N) is 1. The van der Waals surface area contributed by atoms with E-state index < -0.39 is 0 Å². The van der Waals surface area contributed by atoms with Crippen LogP contribution in [0.5, 0.6) is 0 Å². The lowest BCUT2D eigenvalue weighted by Gasteiger charge is -2.34. The SMILES string of the molecule is CCn1cc(-c2n[nH]c3cnc(C4C5CCC4C(=O)N(C)C5)nc23)cn1. The molecule has 0 spiro atoms. The Kier molecular flexibility index (Phi) is 3.35. The number of aromatic nitrogens is 6. The zero-order valence-corrected chi connectivity index (χ0v) is 14.9. The van der Waals surface area contributed by atoms with Gasteiger partial charge >= 0.3 is 0 Å². The Bertz CT molecular complexity index is 991. The largest absolute Gasteiger partial charge is 0.345 e. The van der Waals surface area contributed by atoms with Gasteiger partial charge in [0.25, 0.3) is 0 Å². The van der Waals surface area contributed by atoms with E-state index in [-0.39, 0.29) is 17.7 Å². The summed E-state index contributed by atoms with van der Waals surface area (Å²) in [7, 11) is 1.90. The predicted octanol–water partition coefficient (Wildman–Crippen LogP) is 1.82. The molecule has 2 bridgehead atoms. The fraction of sp³-hybridized carbons (Fsp3) is 0.500. The molecule has 3 aromatic rings. The molecule has 1 amide bonds. The summed E-state index contributed by atoms with van der Waals surface area (Å²) < 4.78 is 1.87. The molecule has 1 saturated carbocycles. The van der Waals surface area contributed by atoms with Crippen molar-refractivity contribution in [3.8, 4) is 11.3 Å². The first-order chi connectivity index (χ1) is 12.7. The molecule has 2 aliphatic rings. The van der Waals surface area contributed by atoms with Crippen molar-refractivity contribution in [2.45, 2.75) is 32.2 Å². The normalized spacial score (nSPS) is 25.4. The monoisotopic (exact) mass is 351 g/mol. The van der Waals surface area contributed by atoms with Gasteiger partial charge in [0.05, 0.1) is 12.4 Å². The second-order valence-corrected chi connectivity index (χ2v) is 7.34. The summed E-state index contributed by atoms with van der Waals surface area (Å²) in [4.78, 5) is 23.8. The summed E-state index contributed by atoms with van der Waals surface area (Å²) in [5.74, 6) is 1.57. The minimum atomic E-state index is 0.00870. The summed E-state index contributed by atoms with van der Waals surface area (Å²) in [6.07, 6.45) is 7.57. The number of nitrogens with zero attached hydrogens (tertiary/aromatic N) is 6. The molecule has 3 aromatic heterocycles. The molecule has 5 rings (SSSR count). The van der Waals surface area contributed by atoms with Crippen LogP contribution in [0.2, 0.25) is 0 Å². The highest BCUT2D eigenvalue weighted by atomic mass is 16.2. The van der Waals surface area contributed by atoms with Crippen molar-refractivity contribution in [2.24, 2.45) is 11.8 Å². The van der Waals surface area contributed by atoms with Gasteiger partial charge < -0.3 is 4.90 Å². The van der Waals surface area contributed by atoms with E-state index in [1.807, 2.05) is 35.9 Å². The van der Waals surface area contributed by atoms with Crippen molar-refractivity contribution in [2.75, 3.05) is 13.6 Å². The van der Waals surface area contributed by atoms with Crippen molar-refractivity contribution < 1.29 is 4.79 Å². The molecular weight excluding hydrogens is 330 g/mol. The molecule has 0 aromatic carbocycles. The average Bonchev–Trinajstić information content (AvgIpc) is 3.35. The third kappa shape index (κ3) is 2.17. The summed E-state index contributed by atoms with van der Waals surface area (Å²) in [6, 6.07) is 0. The number of hydrogen-bond acceptors (Lipinski definition) is 5. The fourth-order valence-electron chi connectivity index (χ4n) is 4.53. The topological polar surface area (TPSA) is 92.6 Å². The lowest BCUT2D eigenvalue weighted by Crippen LogP contribution is -2.43. The van der Waals surface area contributed by atoms with E-state index in [0.29, 0.717) is 5.92 Å². The summed E-state index contributed by atoms with van der Waals surface area (Å²) in [5, 5.41) is 11.8. The smallest absolute Gasteiger partial charge is 0.226 e. The number of fused-ring (bicyclic) bond motifs is 3. The minimum Gasteiger partial charge on any atom is -0.345 e. The van der Waals surface area contributed by atoms with Crippen LogP contribution in [-0.4, -0.2) is 54.3 Å². The molecule has 4 heterocycles. The molecule has 1 saturated heterocycles. The van der Waals surface area contributed by atoms with Gasteiger partial charge in [-0.2, -0.15) is 10.2 Å². The first kappa shape index (κ1) is 15.5. The van der Waals surface area contributed by atoms with Crippen LogP contribution in [0.4, 0.5) is 0 Å². The van der Waals surface area contributed by atoms with Gasteiger partial charge in [-0.25, -0.2) is 9.97 Å². The number of aromatic amines is 1. The average molecular weight is 351 g/mol. The van der Waals surface area contributed by atoms with Gasteiger partial charge in [0.2, 0.25) is 5.91 Å². The van der Waals surface area contributed by atoms with E-state index in [1.165, 1.54) is 0 Å². The van der Waals surface area contributed by atoms with Gasteiger partial charge in [-0.05, 0) is 25.7 Å². The maximum atomic E-state index is 12.5. The maximum Gasteiger partial charge on any atom is 0.226 e. The van der Waals surface area contributed by atoms with E-state index >= 15 is 0 Å². The first-order valence-electron chi connectivity index (χ1n) is 9.14. The molecule has 3 unspecified atom stereocenters. The van der Waals surface area contributed by atoms with Crippen molar-refractivity contribution in [3.05, 3.63) is 24.4 Å². The summed E-state index contributed by atoms with van der Waals surface area (Å²) >= 11 is 0. The molecule has 134 valence electrons. The Labute approximate surface area is 150 Å². The lowest BCUT2D eigenvalue weighted by molar-refractivity contribution is -0.137. The highest BCUT2D eigenvalue weighted by molar-refractivity contribution is 5.88. The summed E-state index contributed by atoms with van der Waals surface area (Å²) in [6.45, 7) is 3.65. The van der Waals surface area contributed by atoms with E-state index in [2.05, 4.69) is 20.3 Å². The number of amides is 1. The third-order valence-corrected chi connectivity index (χ3v) is 5.84. The number of carbonyl (C=O) groups is 1. The predicted molar refractivity (Wildman–Crippen MR) is 95.2 cm³/mol. The van der Waals surface area contributed by atoms with Crippen molar-refractivity contribution in [3.63, 3.8) is 0 Å². The number of hydrogen-bond donors (Lipinski definition) is 1. The molecule has 26 heavy (non-hydrogen) atoms. The van der Waals surface area contributed by atoms with Crippen LogP contribution in [0.3, 0.4) is 0 Å². The zero-order chi connectivity index (χ0) is 17.8. The van der Waals surface area contributed by atoms with Crippen LogP contribution in [0.15, 0.2) is 18.6 Å². The van der Waals surface area contributed by atoms with Gasteiger partial charge in [0.1, 0.15) is 22.6 Å². The van der Waals surface area contributed by atoms with Gasteiger partial charge in [-0.3, -0.25) is 14.6 Å². The molecular formula is C18H21N7O. The molecule has 3 atom stereocenters. The Balaban J connectivity index is 1.58. The van der Waals surface area contributed by atoms with Gasteiger partial charge in [0, 0.05) is 43.7 Å². The van der Waals surface area contributed by atoms with Crippen LogP contribution >= 0.6 is 0 Å². The highest BCUT2D eigenvalue weighted by Gasteiger charge is 2.48. The Hall–Kier alpha value is -2.77. The van der Waals surface area contributed by atoms with Crippen LogP contribution in [0, 0.1) is 11.8 Å². The summed E-state index contributed by atoms with van der Waals surface area (Å²) in [5.41, 5.74) is 3.33. The first-order valence-corrected chi connectivity index (χ1v) is 9.14. The molecule has 1 aliphatic carbocycles. The number of likely N-dealkylation sites (tertiary alicyclic amines) is 1. The number of piperidine rings is 1. The number of aryl methyl sites for hydroxylation is 1. The van der Waals surface area contributed by atoms with E-state index in [1.54, 1.807) is 6.20 Å². The van der Waals surface area contributed by atoms with Crippen molar-refractivity contribution in [1.29, 1.82) is 0 Å². The van der Waals surface area contributed by atoms with Crippen LogP contribution in [0.25, 0.3) is 22.3 Å². The van der Waals surface area contributed by atoms with Gasteiger partial charge in [-0.1, -0.05) is 0 Å².